The van der Waals surface area contributed by atoms with Gasteiger partial charge in [0.1, 0.15) is 0 Å². The Morgan fingerprint density at radius 3 is 2.89 bits per heavy atom. The van der Waals surface area contributed by atoms with Crippen LogP contribution in [0.1, 0.15) is 12.8 Å². The number of hydrogen-bond acceptors (Lipinski definition) is 4. The second-order valence-corrected chi connectivity index (χ2v) is 6.22. The molecule has 19 heavy (non-hydrogen) atoms. The van der Waals surface area contributed by atoms with Gasteiger partial charge in [0.2, 0.25) is 0 Å². The zero-order valence-electron chi connectivity index (χ0n) is 10.3. The Labute approximate surface area is 111 Å². The fourth-order valence-electron chi connectivity index (χ4n) is 2.19. The minimum Gasteiger partial charge on any atom is -0.284 e. The fraction of sp³-hybridized carbons (Fsp3) is 0.308. The summed E-state index contributed by atoms with van der Waals surface area (Å²) in [6.07, 6.45) is 4.97. The van der Waals surface area contributed by atoms with E-state index in [9.17, 15) is 8.42 Å². The van der Waals surface area contributed by atoms with E-state index in [1.165, 1.54) is 0 Å². The summed E-state index contributed by atoms with van der Waals surface area (Å²) in [6.45, 7) is 0.857. The smallest absolute Gasteiger partial charge is 0.265 e. The van der Waals surface area contributed by atoms with Gasteiger partial charge in [0.15, 0.2) is 0 Å². The molecule has 0 atom stereocenters. The molecule has 0 unspecified atom stereocenters. The average Bonchev–Trinajstić information content (AvgIpc) is 2.47. The van der Waals surface area contributed by atoms with Gasteiger partial charge in [-0.25, -0.2) is 8.42 Å². The van der Waals surface area contributed by atoms with E-state index >= 15 is 0 Å². The molecule has 0 spiro atoms. The number of nitrogens with zero attached hydrogens (tertiary/aromatic N) is 2. The van der Waals surface area contributed by atoms with Gasteiger partial charge in [-0.05, 0) is 25.0 Å². The van der Waals surface area contributed by atoms with Crippen molar-refractivity contribution in [2.45, 2.75) is 17.7 Å². The molecule has 0 bridgehead atoms. The molecule has 0 aliphatic carbocycles. The number of fused-ring (bicyclic) bond motifs is 1. The van der Waals surface area contributed by atoms with Gasteiger partial charge < -0.3 is 0 Å². The molecule has 6 heteroatoms. The normalized spacial score (nSPS) is 17.7. The van der Waals surface area contributed by atoms with Crippen molar-refractivity contribution in [3.05, 3.63) is 36.7 Å². The molecule has 1 saturated heterocycles. The van der Waals surface area contributed by atoms with Crippen molar-refractivity contribution in [1.29, 1.82) is 0 Å². The first-order valence-corrected chi connectivity index (χ1v) is 7.62. The largest absolute Gasteiger partial charge is 0.284 e. The molecule has 1 aromatic heterocycles. The third-order valence-corrected chi connectivity index (χ3v) is 4.89. The Hall–Kier alpha value is -1.50. The quantitative estimate of drug-likeness (QED) is 0.842. The SMILES string of the molecule is O=S(=O)(c1cccc2cnccc12)N1CCCCO1. The van der Waals surface area contributed by atoms with E-state index in [4.69, 9.17) is 4.84 Å². The molecule has 1 aromatic carbocycles. The molecule has 100 valence electrons. The van der Waals surface area contributed by atoms with Crippen molar-refractivity contribution in [1.82, 2.24) is 9.45 Å². The van der Waals surface area contributed by atoms with E-state index < -0.39 is 10.0 Å². The third kappa shape index (κ3) is 2.22. The molecule has 0 N–H and O–H groups in total. The van der Waals surface area contributed by atoms with Crippen molar-refractivity contribution in [2.24, 2.45) is 0 Å². The molecule has 2 heterocycles. The minimum absolute atomic E-state index is 0.273. The van der Waals surface area contributed by atoms with Crippen molar-refractivity contribution in [3.8, 4) is 0 Å². The summed E-state index contributed by atoms with van der Waals surface area (Å²) in [5.41, 5.74) is 0. The molecule has 1 fully saturated rings. The monoisotopic (exact) mass is 278 g/mol. The predicted molar refractivity (Wildman–Crippen MR) is 70.8 cm³/mol. The molecule has 1 aliphatic heterocycles. The van der Waals surface area contributed by atoms with Gasteiger partial charge in [-0.15, -0.1) is 0 Å². The standard InChI is InChI=1S/C13H14N2O3S/c16-19(17,15-8-1-2-9-18-15)13-5-3-4-11-10-14-7-6-12(11)13/h3-7,10H,1-2,8-9H2. The molecule has 0 radical (unpaired) electrons. The lowest BCUT2D eigenvalue weighted by Crippen LogP contribution is -2.35. The van der Waals surface area contributed by atoms with Crippen LogP contribution in [0.3, 0.4) is 0 Å². The maximum atomic E-state index is 12.6. The topological polar surface area (TPSA) is 59.5 Å². The van der Waals surface area contributed by atoms with Crippen LogP contribution in [-0.4, -0.2) is 31.0 Å². The van der Waals surface area contributed by atoms with Crippen LogP contribution in [0.25, 0.3) is 10.8 Å². The summed E-state index contributed by atoms with van der Waals surface area (Å²) < 4.78 is 26.3. The van der Waals surface area contributed by atoms with E-state index in [0.717, 1.165) is 22.7 Å². The third-order valence-electron chi connectivity index (χ3n) is 3.16. The van der Waals surface area contributed by atoms with Crippen LogP contribution in [0.2, 0.25) is 0 Å². The fourth-order valence-corrected chi connectivity index (χ4v) is 3.71. The minimum atomic E-state index is -3.61. The Bertz CT molecular complexity index is 689. The van der Waals surface area contributed by atoms with Gasteiger partial charge in [0.25, 0.3) is 10.0 Å². The van der Waals surface area contributed by atoms with Crippen LogP contribution in [-0.2, 0) is 14.9 Å². The van der Waals surface area contributed by atoms with Crippen molar-refractivity contribution >= 4 is 20.8 Å². The maximum absolute atomic E-state index is 12.6. The predicted octanol–water partition coefficient (Wildman–Crippen LogP) is 1.95. The highest BCUT2D eigenvalue weighted by Gasteiger charge is 2.28. The Morgan fingerprint density at radius 2 is 2.11 bits per heavy atom. The lowest BCUT2D eigenvalue weighted by atomic mass is 10.2. The molecule has 5 nitrogen and oxygen atoms in total. The van der Waals surface area contributed by atoms with E-state index in [1.807, 2.05) is 6.07 Å². The van der Waals surface area contributed by atoms with Crippen molar-refractivity contribution in [3.63, 3.8) is 0 Å². The first-order chi connectivity index (χ1) is 9.19. The Kier molecular flexibility index (Phi) is 3.22. The van der Waals surface area contributed by atoms with Gasteiger partial charge in [0.05, 0.1) is 11.5 Å². The van der Waals surface area contributed by atoms with Crippen LogP contribution in [0.5, 0.6) is 0 Å². The Balaban J connectivity index is 2.12. The van der Waals surface area contributed by atoms with Gasteiger partial charge in [0, 0.05) is 29.7 Å². The molecule has 3 rings (SSSR count). The summed E-state index contributed by atoms with van der Waals surface area (Å²) in [5.74, 6) is 0. The molecule has 1 aliphatic rings. The summed E-state index contributed by atoms with van der Waals surface area (Å²) in [4.78, 5) is 9.56. The van der Waals surface area contributed by atoms with Crippen LogP contribution in [0, 0.1) is 0 Å². The van der Waals surface area contributed by atoms with E-state index in [-0.39, 0.29) is 4.90 Å². The van der Waals surface area contributed by atoms with Gasteiger partial charge in [-0.2, -0.15) is 0 Å². The zero-order chi connectivity index (χ0) is 13.3. The highest BCUT2D eigenvalue weighted by molar-refractivity contribution is 7.89. The number of pyridine rings is 1. The highest BCUT2D eigenvalue weighted by Crippen LogP contribution is 2.26. The number of hydrogen-bond donors (Lipinski definition) is 0. The second kappa shape index (κ2) is 4.88. The van der Waals surface area contributed by atoms with Gasteiger partial charge in [-0.1, -0.05) is 16.6 Å². The molecule has 0 amide bonds. The van der Waals surface area contributed by atoms with Crippen LogP contribution < -0.4 is 0 Å². The summed E-state index contributed by atoms with van der Waals surface area (Å²) in [5, 5.41) is 1.48. The molecule has 0 saturated carbocycles. The number of aromatic nitrogens is 1. The van der Waals surface area contributed by atoms with Gasteiger partial charge >= 0.3 is 0 Å². The number of rotatable bonds is 2. The molecular weight excluding hydrogens is 264 g/mol. The zero-order valence-corrected chi connectivity index (χ0v) is 11.1. The summed E-state index contributed by atoms with van der Waals surface area (Å²) >= 11 is 0. The van der Waals surface area contributed by atoms with E-state index in [0.29, 0.717) is 18.5 Å². The lowest BCUT2D eigenvalue weighted by molar-refractivity contribution is -0.108. The van der Waals surface area contributed by atoms with Crippen LogP contribution in [0.4, 0.5) is 0 Å². The van der Waals surface area contributed by atoms with Crippen molar-refractivity contribution in [2.75, 3.05) is 13.2 Å². The summed E-state index contributed by atoms with van der Waals surface area (Å²) in [6, 6.07) is 6.89. The van der Waals surface area contributed by atoms with E-state index in [1.54, 1.807) is 30.6 Å². The van der Waals surface area contributed by atoms with Crippen LogP contribution >= 0.6 is 0 Å². The summed E-state index contributed by atoms with van der Waals surface area (Å²) in [7, 11) is -3.61. The molecular formula is C13H14N2O3S. The number of hydroxylamine groups is 1. The maximum Gasteiger partial charge on any atom is 0.265 e. The number of sulfonamides is 1. The molecule has 2 aromatic rings. The number of benzene rings is 1. The first kappa shape index (κ1) is 12.5. The second-order valence-electron chi connectivity index (χ2n) is 4.42. The van der Waals surface area contributed by atoms with E-state index in [2.05, 4.69) is 4.98 Å². The first-order valence-electron chi connectivity index (χ1n) is 6.18. The Morgan fingerprint density at radius 1 is 1.21 bits per heavy atom. The lowest BCUT2D eigenvalue weighted by Gasteiger charge is -2.25. The van der Waals surface area contributed by atoms with Gasteiger partial charge in [-0.3, -0.25) is 9.82 Å². The van der Waals surface area contributed by atoms with Crippen molar-refractivity contribution < 1.29 is 13.3 Å². The van der Waals surface area contributed by atoms with Crippen LogP contribution in [0.15, 0.2) is 41.6 Å². The average molecular weight is 278 g/mol. The highest BCUT2D eigenvalue weighted by atomic mass is 32.2.